The van der Waals surface area contributed by atoms with Gasteiger partial charge in [0.1, 0.15) is 0 Å². The van der Waals surface area contributed by atoms with E-state index in [-0.39, 0.29) is 12.8 Å². The molecule has 1 amide bonds. The molecule has 0 unspecified atom stereocenters. The van der Waals surface area contributed by atoms with Gasteiger partial charge in [-0.15, -0.1) is 0 Å². The van der Waals surface area contributed by atoms with E-state index in [2.05, 4.69) is 5.32 Å². The van der Waals surface area contributed by atoms with E-state index in [4.69, 9.17) is 10.8 Å². The predicted molar refractivity (Wildman–Crippen MR) is 48.1 cm³/mol. The molecule has 0 fully saturated rings. The number of rotatable bonds is 6. The summed E-state index contributed by atoms with van der Waals surface area (Å²) in [6, 6.07) is -1.62. The van der Waals surface area contributed by atoms with E-state index in [1.807, 2.05) is 0 Å². The highest BCUT2D eigenvalue weighted by Gasteiger charge is 2.15. The smallest absolute Gasteiger partial charge is 0.303 e. The molecule has 0 aliphatic carbocycles. The van der Waals surface area contributed by atoms with Gasteiger partial charge < -0.3 is 16.2 Å². The molecular weight excluding hydrogens is 188 g/mol. The fourth-order valence-electron chi connectivity index (χ4n) is 0.732. The summed E-state index contributed by atoms with van der Waals surface area (Å²) in [5, 5.41) is 10.6. The molecule has 0 bridgehead atoms. The van der Waals surface area contributed by atoms with Gasteiger partial charge in [-0.25, -0.2) is 0 Å². The number of carboxylic acid groups (broad SMARTS) is 1. The van der Waals surface area contributed by atoms with E-state index >= 15 is 0 Å². The zero-order chi connectivity index (χ0) is 11.1. The minimum atomic E-state index is -1.03. The summed E-state index contributed by atoms with van der Waals surface area (Å²) >= 11 is 0. The molecular formula is C8H13N2O4. The summed E-state index contributed by atoms with van der Waals surface area (Å²) in [5.41, 5.74) is 5.24. The molecule has 6 heteroatoms. The van der Waals surface area contributed by atoms with Gasteiger partial charge in [-0.3, -0.25) is 14.4 Å². The van der Waals surface area contributed by atoms with Crippen LogP contribution in [0.3, 0.4) is 0 Å². The van der Waals surface area contributed by atoms with Crippen LogP contribution in [0.4, 0.5) is 0 Å². The van der Waals surface area contributed by atoms with Gasteiger partial charge in [0.25, 0.3) is 0 Å². The zero-order valence-electron chi connectivity index (χ0n) is 7.82. The van der Waals surface area contributed by atoms with Crippen molar-refractivity contribution in [2.45, 2.75) is 31.8 Å². The predicted octanol–water partition coefficient (Wildman–Crippen LogP) is -1.21. The Morgan fingerprint density at radius 3 is 2.50 bits per heavy atom. The Balaban J connectivity index is 3.96. The van der Waals surface area contributed by atoms with Crippen molar-refractivity contribution < 1.29 is 19.5 Å². The molecule has 0 aromatic heterocycles. The van der Waals surface area contributed by atoms with E-state index in [9.17, 15) is 14.4 Å². The molecule has 0 rings (SSSR count). The van der Waals surface area contributed by atoms with Crippen LogP contribution in [0.1, 0.15) is 19.8 Å². The van der Waals surface area contributed by atoms with Crippen molar-refractivity contribution >= 4 is 18.2 Å². The lowest BCUT2D eigenvalue weighted by atomic mass is 10.1. The Kier molecular flexibility index (Phi) is 5.47. The molecule has 4 N–H and O–H groups in total. The van der Waals surface area contributed by atoms with Crippen LogP contribution in [0.2, 0.25) is 0 Å². The first kappa shape index (κ1) is 12.6. The van der Waals surface area contributed by atoms with Crippen LogP contribution < -0.4 is 11.1 Å². The van der Waals surface area contributed by atoms with E-state index in [0.29, 0.717) is 0 Å². The van der Waals surface area contributed by atoms with Crippen LogP contribution in [-0.4, -0.2) is 35.4 Å². The number of amides is 1. The van der Waals surface area contributed by atoms with Crippen LogP contribution >= 0.6 is 0 Å². The number of hydrogen-bond donors (Lipinski definition) is 3. The molecule has 0 heterocycles. The normalized spacial score (nSPS) is 14.1. The maximum absolute atomic E-state index is 11.0. The fraction of sp³-hybridized carbons (Fsp3) is 0.625. The lowest BCUT2D eigenvalue weighted by molar-refractivity contribution is -0.137. The lowest BCUT2D eigenvalue weighted by Gasteiger charge is -2.12. The van der Waals surface area contributed by atoms with Gasteiger partial charge in [0.05, 0.1) is 12.1 Å². The Morgan fingerprint density at radius 1 is 1.57 bits per heavy atom. The van der Waals surface area contributed by atoms with Gasteiger partial charge in [-0.2, -0.15) is 0 Å². The monoisotopic (exact) mass is 201 g/mol. The Labute approximate surface area is 81.5 Å². The molecule has 14 heavy (non-hydrogen) atoms. The molecule has 2 atom stereocenters. The Hall–Kier alpha value is -1.43. The van der Waals surface area contributed by atoms with Crippen LogP contribution in [0.5, 0.6) is 0 Å². The summed E-state index contributed by atoms with van der Waals surface area (Å²) in [7, 11) is 0. The number of aliphatic carboxylic acids is 1. The first-order chi connectivity index (χ1) is 6.47. The van der Waals surface area contributed by atoms with Crippen molar-refractivity contribution in [2.24, 2.45) is 5.73 Å². The second-order valence-electron chi connectivity index (χ2n) is 2.90. The first-order valence-corrected chi connectivity index (χ1v) is 4.12. The third kappa shape index (κ3) is 5.26. The quantitative estimate of drug-likeness (QED) is 0.499. The molecule has 0 aliphatic heterocycles. The molecule has 79 valence electrons. The van der Waals surface area contributed by atoms with Crippen molar-refractivity contribution in [3.63, 3.8) is 0 Å². The summed E-state index contributed by atoms with van der Waals surface area (Å²) in [6.45, 7) is 1.47. The van der Waals surface area contributed by atoms with Gasteiger partial charge in [0, 0.05) is 6.42 Å². The van der Waals surface area contributed by atoms with Crippen LogP contribution in [-0.2, 0) is 14.4 Å². The SMILES string of the molecule is C[C@@H](N)C(=O)N[C@@H]([C]=O)CCC(=O)O. The number of carboxylic acids is 1. The van der Waals surface area contributed by atoms with Crippen LogP contribution in [0.25, 0.3) is 0 Å². The molecule has 6 nitrogen and oxygen atoms in total. The second-order valence-corrected chi connectivity index (χ2v) is 2.90. The van der Waals surface area contributed by atoms with E-state index in [1.54, 1.807) is 6.29 Å². The second kappa shape index (κ2) is 6.09. The van der Waals surface area contributed by atoms with E-state index in [0.717, 1.165) is 0 Å². The Morgan fingerprint density at radius 2 is 2.14 bits per heavy atom. The van der Waals surface area contributed by atoms with Crippen molar-refractivity contribution in [2.75, 3.05) is 0 Å². The molecule has 0 saturated heterocycles. The van der Waals surface area contributed by atoms with Gasteiger partial charge >= 0.3 is 5.97 Å². The summed E-state index contributed by atoms with van der Waals surface area (Å²) in [6.07, 6.45) is 1.37. The topological polar surface area (TPSA) is 109 Å². The minimum absolute atomic E-state index is 0.0251. The highest BCUT2D eigenvalue weighted by Crippen LogP contribution is 1.95. The average Bonchev–Trinajstić information content (AvgIpc) is 2.11. The number of nitrogens with one attached hydrogen (secondary N) is 1. The fourth-order valence-corrected chi connectivity index (χ4v) is 0.732. The molecule has 1 radical (unpaired) electrons. The highest BCUT2D eigenvalue weighted by molar-refractivity contribution is 5.84. The third-order valence-electron chi connectivity index (χ3n) is 1.52. The summed E-state index contributed by atoms with van der Waals surface area (Å²) in [5.74, 6) is -1.52. The number of nitrogens with two attached hydrogens (primary N) is 1. The summed E-state index contributed by atoms with van der Waals surface area (Å²) in [4.78, 5) is 31.5. The standard InChI is InChI=1S/C8H13N2O4/c1-5(9)8(14)10-6(4-11)2-3-7(12)13/h5-6H,2-3,9H2,1H3,(H,10,14)(H,12,13)/t5-,6-/m1/s1. The minimum Gasteiger partial charge on any atom is -0.481 e. The van der Waals surface area contributed by atoms with E-state index in [1.165, 1.54) is 6.92 Å². The van der Waals surface area contributed by atoms with E-state index < -0.39 is 24.0 Å². The van der Waals surface area contributed by atoms with Crippen molar-refractivity contribution in [1.29, 1.82) is 0 Å². The number of carbonyl (C=O) groups excluding carboxylic acids is 2. The molecule has 0 saturated carbocycles. The average molecular weight is 201 g/mol. The van der Waals surface area contributed by atoms with Crippen LogP contribution in [0, 0.1) is 0 Å². The first-order valence-electron chi connectivity index (χ1n) is 4.12. The Bertz CT molecular complexity index is 227. The van der Waals surface area contributed by atoms with Crippen LogP contribution in [0.15, 0.2) is 0 Å². The van der Waals surface area contributed by atoms with Crippen molar-refractivity contribution in [3.05, 3.63) is 0 Å². The molecule has 0 aliphatic rings. The molecule has 0 aromatic carbocycles. The third-order valence-corrected chi connectivity index (χ3v) is 1.52. The maximum atomic E-state index is 11.0. The van der Waals surface area contributed by atoms with Crippen molar-refractivity contribution in [1.82, 2.24) is 5.32 Å². The number of carbonyl (C=O) groups is 2. The summed E-state index contributed by atoms with van der Waals surface area (Å²) < 4.78 is 0. The molecule has 0 spiro atoms. The zero-order valence-corrected chi connectivity index (χ0v) is 7.82. The van der Waals surface area contributed by atoms with Crippen molar-refractivity contribution in [3.8, 4) is 0 Å². The maximum Gasteiger partial charge on any atom is 0.303 e. The number of hydrogen-bond acceptors (Lipinski definition) is 4. The van der Waals surface area contributed by atoms with Gasteiger partial charge in [-0.05, 0) is 13.3 Å². The highest BCUT2D eigenvalue weighted by atomic mass is 16.4. The largest absolute Gasteiger partial charge is 0.481 e. The molecule has 0 aromatic rings. The lowest BCUT2D eigenvalue weighted by Crippen LogP contribution is -2.44. The van der Waals surface area contributed by atoms with Gasteiger partial charge in [-0.1, -0.05) is 0 Å². The van der Waals surface area contributed by atoms with Gasteiger partial charge in [0.2, 0.25) is 12.2 Å². The van der Waals surface area contributed by atoms with Gasteiger partial charge in [0.15, 0.2) is 0 Å².